The monoisotopic (exact) mass is 415 g/mol. The van der Waals surface area contributed by atoms with E-state index in [-0.39, 0.29) is 12.3 Å². The lowest BCUT2D eigenvalue weighted by Gasteiger charge is -2.15. The second-order valence-electron chi connectivity index (χ2n) is 6.26. The minimum atomic E-state index is -2.91. The average molecular weight is 415 g/mol. The minimum Gasteiger partial charge on any atom is -0.497 e. The first-order valence-corrected chi connectivity index (χ1v) is 9.24. The fraction of sp³-hybridized carbons (Fsp3) is 0.238. The van der Waals surface area contributed by atoms with Crippen molar-refractivity contribution in [3.63, 3.8) is 0 Å². The summed E-state index contributed by atoms with van der Waals surface area (Å²) in [5.74, 6) is 1.14. The van der Waals surface area contributed by atoms with Crippen molar-refractivity contribution >= 4 is 5.96 Å². The van der Waals surface area contributed by atoms with Gasteiger partial charge in [-0.2, -0.15) is 13.9 Å². The maximum Gasteiger partial charge on any atom is 0.387 e. The highest BCUT2D eigenvalue weighted by Gasteiger charge is 2.12. The van der Waals surface area contributed by atoms with Gasteiger partial charge in [-0.15, -0.1) is 0 Å². The Balaban J connectivity index is 1.60. The number of aromatic nitrogens is 2. The molecule has 0 saturated heterocycles. The van der Waals surface area contributed by atoms with E-state index < -0.39 is 6.61 Å². The number of para-hydroxylation sites is 1. The number of alkyl halides is 2. The van der Waals surface area contributed by atoms with Crippen LogP contribution >= 0.6 is 0 Å². The van der Waals surface area contributed by atoms with Gasteiger partial charge in [0.05, 0.1) is 19.0 Å². The van der Waals surface area contributed by atoms with Gasteiger partial charge in [-0.3, -0.25) is 4.99 Å². The van der Waals surface area contributed by atoms with Gasteiger partial charge in [-0.1, -0.05) is 18.2 Å². The SMILES string of the molecule is CN=C(NCc1cnn(-c2ccccc2)c1)NCc1cc(OC)ccc1OC(F)F. The topological polar surface area (TPSA) is 72.7 Å². The van der Waals surface area contributed by atoms with Crippen molar-refractivity contribution in [2.75, 3.05) is 14.2 Å². The molecule has 0 atom stereocenters. The summed E-state index contributed by atoms with van der Waals surface area (Å²) < 4.78 is 36.9. The molecule has 1 aromatic heterocycles. The van der Waals surface area contributed by atoms with Gasteiger partial charge in [-0.05, 0) is 30.3 Å². The molecule has 3 aromatic rings. The Morgan fingerprint density at radius 1 is 1.13 bits per heavy atom. The van der Waals surface area contributed by atoms with Gasteiger partial charge in [0.2, 0.25) is 0 Å². The molecule has 0 saturated carbocycles. The van der Waals surface area contributed by atoms with E-state index in [1.165, 1.54) is 13.2 Å². The molecule has 9 heteroatoms. The highest BCUT2D eigenvalue weighted by molar-refractivity contribution is 5.79. The number of methoxy groups -OCH3 is 1. The second-order valence-corrected chi connectivity index (χ2v) is 6.26. The Morgan fingerprint density at radius 3 is 2.60 bits per heavy atom. The van der Waals surface area contributed by atoms with Gasteiger partial charge >= 0.3 is 6.61 Å². The number of nitrogens with zero attached hydrogens (tertiary/aromatic N) is 3. The third-order valence-electron chi connectivity index (χ3n) is 4.27. The van der Waals surface area contributed by atoms with Crippen LogP contribution in [-0.4, -0.2) is 36.5 Å². The van der Waals surface area contributed by atoms with Crippen LogP contribution in [0.15, 0.2) is 65.9 Å². The predicted molar refractivity (Wildman–Crippen MR) is 110 cm³/mol. The first kappa shape index (κ1) is 21.1. The standard InChI is InChI=1S/C21H23F2N5O2/c1-24-21(25-11-15-12-27-28(14-15)17-6-4-3-5-7-17)26-13-16-10-18(29-2)8-9-19(16)30-20(22)23/h3-10,12,14,20H,11,13H2,1-2H3,(H2,24,25,26). The van der Waals surface area contributed by atoms with Crippen molar-refractivity contribution in [1.82, 2.24) is 20.4 Å². The van der Waals surface area contributed by atoms with E-state index in [9.17, 15) is 8.78 Å². The van der Waals surface area contributed by atoms with Crippen molar-refractivity contribution in [2.45, 2.75) is 19.7 Å². The quantitative estimate of drug-likeness (QED) is 0.436. The molecule has 3 rings (SSSR count). The van der Waals surface area contributed by atoms with Gasteiger partial charge in [0.1, 0.15) is 11.5 Å². The Hall–Kier alpha value is -3.62. The number of guanidine groups is 1. The summed E-state index contributed by atoms with van der Waals surface area (Å²) in [6, 6.07) is 14.5. The van der Waals surface area contributed by atoms with E-state index in [1.54, 1.807) is 30.1 Å². The molecule has 7 nitrogen and oxygen atoms in total. The van der Waals surface area contributed by atoms with Gasteiger partial charge < -0.3 is 20.1 Å². The van der Waals surface area contributed by atoms with Gasteiger partial charge in [0.25, 0.3) is 0 Å². The van der Waals surface area contributed by atoms with Crippen LogP contribution in [0.1, 0.15) is 11.1 Å². The van der Waals surface area contributed by atoms with Gasteiger partial charge in [-0.25, -0.2) is 4.68 Å². The van der Waals surface area contributed by atoms with Crippen molar-refractivity contribution < 1.29 is 18.3 Å². The lowest BCUT2D eigenvalue weighted by atomic mass is 10.2. The molecular formula is C21H23F2N5O2. The molecule has 0 aliphatic carbocycles. The molecular weight excluding hydrogens is 392 g/mol. The Labute approximate surface area is 173 Å². The van der Waals surface area contributed by atoms with Crippen LogP contribution < -0.4 is 20.1 Å². The van der Waals surface area contributed by atoms with Crippen molar-refractivity contribution in [3.05, 3.63) is 72.1 Å². The van der Waals surface area contributed by atoms with Gasteiger partial charge in [0, 0.05) is 37.5 Å². The molecule has 0 unspecified atom stereocenters. The summed E-state index contributed by atoms with van der Waals surface area (Å²) in [6.45, 7) is -2.19. The Bertz CT molecular complexity index is 977. The normalized spacial score (nSPS) is 11.4. The molecule has 2 N–H and O–H groups in total. The summed E-state index contributed by atoms with van der Waals surface area (Å²) >= 11 is 0. The average Bonchev–Trinajstić information content (AvgIpc) is 3.24. The van der Waals surface area contributed by atoms with Crippen LogP contribution in [0, 0.1) is 0 Å². The number of ether oxygens (including phenoxy) is 2. The van der Waals surface area contributed by atoms with Crippen LogP contribution in [0.25, 0.3) is 5.69 Å². The molecule has 0 amide bonds. The van der Waals surface area contributed by atoms with E-state index in [0.717, 1.165) is 11.3 Å². The van der Waals surface area contributed by atoms with Crippen LogP contribution in [0.3, 0.4) is 0 Å². The molecule has 0 spiro atoms. The predicted octanol–water partition coefficient (Wildman–Crippen LogP) is 3.35. The number of nitrogens with one attached hydrogen (secondary N) is 2. The van der Waals surface area contributed by atoms with Crippen molar-refractivity contribution in [3.8, 4) is 17.2 Å². The molecule has 2 aromatic carbocycles. The zero-order chi connectivity index (χ0) is 21.3. The Kier molecular flexibility index (Phi) is 7.20. The van der Waals surface area contributed by atoms with Crippen molar-refractivity contribution in [1.29, 1.82) is 0 Å². The smallest absolute Gasteiger partial charge is 0.387 e. The molecule has 30 heavy (non-hydrogen) atoms. The number of hydrogen-bond donors (Lipinski definition) is 2. The molecule has 0 radical (unpaired) electrons. The number of hydrogen-bond acceptors (Lipinski definition) is 4. The summed E-state index contributed by atoms with van der Waals surface area (Å²) in [6.07, 6.45) is 3.69. The van der Waals surface area contributed by atoms with E-state index in [4.69, 9.17) is 4.74 Å². The molecule has 0 fully saturated rings. The maximum absolute atomic E-state index is 12.7. The lowest BCUT2D eigenvalue weighted by molar-refractivity contribution is -0.0504. The fourth-order valence-electron chi connectivity index (χ4n) is 2.79. The summed E-state index contributed by atoms with van der Waals surface area (Å²) in [5, 5.41) is 10.6. The van der Waals surface area contributed by atoms with E-state index in [2.05, 4.69) is 25.5 Å². The summed E-state index contributed by atoms with van der Waals surface area (Å²) in [7, 11) is 3.14. The van der Waals surface area contributed by atoms with Crippen LogP contribution in [0.4, 0.5) is 8.78 Å². The largest absolute Gasteiger partial charge is 0.497 e. The highest BCUT2D eigenvalue weighted by Crippen LogP contribution is 2.25. The van der Waals surface area contributed by atoms with Crippen molar-refractivity contribution in [2.24, 2.45) is 4.99 Å². The van der Waals surface area contributed by atoms with Crippen LogP contribution in [-0.2, 0) is 13.1 Å². The lowest BCUT2D eigenvalue weighted by Crippen LogP contribution is -2.36. The second kappa shape index (κ2) is 10.2. The fourth-order valence-corrected chi connectivity index (χ4v) is 2.79. The zero-order valence-corrected chi connectivity index (χ0v) is 16.7. The third kappa shape index (κ3) is 5.69. The Morgan fingerprint density at radius 2 is 1.90 bits per heavy atom. The van der Waals surface area contributed by atoms with E-state index in [1.807, 2.05) is 36.5 Å². The first-order chi connectivity index (χ1) is 14.6. The van der Waals surface area contributed by atoms with E-state index in [0.29, 0.717) is 23.8 Å². The van der Waals surface area contributed by atoms with Crippen LogP contribution in [0.5, 0.6) is 11.5 Å². The molecule has 0 bridgehead atoms. The number of rotatable bonds is 8. The maximum atomic E-state index is 12.7. The number of halogens is 2. The zero-order valence-electron chi connectivity index (χ0n) is 16.7. The molecule has 0 aliphatic heterocycles. The molecule has 1 heterocycles. The third-order valence-corrected chi connectivity index (χ3v) is 4.27. The van der Waals surface area contributed by atoms with E-state index >= 15 is 0 Å². The highest BCUT2D eigenvalue weighted by atomic mass is 19.3. The van der Waals surface area contributed by atoms with Gasteiger partial charge in [0.15, 0.2) is 5.96 Å². The minimum absolute atomic E-state index is 0.0814. The summed E-state index contributed by atoms with van der Waals surface area (Å²) in [5.41, 5.74) is 2.45. The number of benzene rings is 2. The van der Waals surface area contributed by atoms with Crippen LogP contribution in [0.2, 0.25) is 0 Å². The summed E-state index contributed by atoms with van der Waals surface area (Å²) in [4.78, 5) is 4.16. The first-order valence-electron chi connectivity index (χ1n) is 9.24. The number of aliphatic imine (C=N–C) groups is 1. The molecule has 0 aliphatic rings. The molecule has 158 valence electrons.